The van der Waals surface area contributed by atoms with Gasteiger partial charge in [0.15, 0.2) is 0 Å². The zero-order valence-corrected chi connectivity index (χ0v) is 14.3. The van der Waals surface area contributed by atoms with Gasteiger partial charge in [-0.3, -0.25) is 4.90 Å². The van der Waals surface area contributed by atoms with Gasteiger partial charge in [0.25, 0.3) is 0 Å². The molecule has 0 saturated carbocycles. The van der Waals surface area contributed by atoms with E-state index in [-0.39, 0.29) is 12.4 Å². The molecule has 1 aromatic rings. The van der Waals surface area contributed by atoms with Crippen LogP contribution in [0.1, 0.15) is 12.5 Å². The SMILES string of the molecule is C[C@H]1CN(Cc2cnc(N3CCN(C)CC3)nc2)CCN1.Cl. The van der Waals surface area contributed by atoms with Crippen molar-refractivity contribution >= 4 is 18.4 Å². The molecule has 6 nitrogen and oxygen atoms in total. The number of rotatable bonds is 3. The summed E-state index contributed by atoms with van der Waals surface area (Å²) in [7, 11) is 2.16. The fraction of sp³-hybridized carbons (Fsp3) is 0.733. The Labute approximate surface area is 139 Å². The number of nitrogens with one attached hydrogen (secondary N) is 1. The van der Waals surface area contributed by atoms with Crippen molar-refractivity contribution in [3.8, 4) is 0 Å². The molecule has 124 valence electrons. The van der Waals surface area contributed by atoms with Crippen molar-refractivity contribution < 1.29 is 0 Å². The van der Waals surface area contributed by atoms with Gasteiger partial charge in [-0.05, 0) is 14.0 Å². The highest BCUT2D eigenvalue weighted by molar-refractivity contribution is 5.85. The van der Waals surface area contributed by atoms with Gasteiger partial charge in [0.05, 0.1) is 0 Å². The summed E-state index contributed by atoms with van der Waals surface area (Å²) in [4.78, 5) is 16.2. The number of halogens is 1. The van der Waals surface area contributed by atoms with Gasteiger partial charge in [-0.2, -0.15) is 0 Å². The second-order valence-electron chi connectivity index (χ2n) is 6.27. The Bertz CT molecular complexity index is 446. The van der Waals surface area contributed by atoms with E-state index >= 15 is 0 Å². The summed E-state index contributed by atoms with van der Waals surface area (Å²) in [5.74, 6) is 0.875. The largest absolute Gasteiger partial charge is 0.338 e. The second kappa shape index (κ2) is 8.06. The van der Waals surface area contributed by atoms with Gasteiger partial charge in [-0.15, -0.1) is 12.4 Å². The van der Waals surface area contributed by atoms with Crippen LogP contribution >= 0.6 is 12.4 Å². The predicted octanol–water partition coefficient (Wildman–Crippen LogP) is 0.444. The third-order valence-electron chi connectivity index (χ3n) is 4.34. The maximum atomic E-state index is 4.57. The van der Waals surface area contributed by atoms with Crippen LogP contribution in [0.5, 0.6) is 0 Å². The van der Waals surface area contributed by atoms with Crippen molar-refractivity contribution in [1.29, 1.82) is 0 Å². The van der Waals surface area contributed by atoms with E-state index in [2.05, 4.69) is 44.0 Å². The third kappa shape index (κ3) is 4.52. The molecule has 0 aromatic carbocycles. The minimum atomic E-state index is 0. The highest BCUT2D eigenvalue weighted by Crippen LogP contribution is 2.12. The Morgan fingerprint density at radius 2 is 1.82 bits per heavy atom. The normalized spacial score (nSPS) is 24.1. The molecule has 0 spiro atoms. The van der Waals surface area contributed by atoms with Crippen LogP contribution in [0.25, 0.3) is 0 Å². The van der Waals surface area contributed by atoms with Crippen molar-refractivity contribution in [2.24, 2.45) is 0 Å². The molecule has 2 saturated heterocycles. The van der Waals surface area contributed by atoms with Crippen LogP contribution in [0.3, 0.4) is 0 Å². The van der Waals surface area contributed by atoms with Crippen LogP contribution in [0.4, 0.5) is 5.95 Å². The summed E-state index contributed by atoms with van der Waals surface area (Å²) in [6.07, 6.45) is 3.99. The first-order valence-electron chi connectivity index (χ1n) is 7.91. The molecule has 3 rings (SSSR count). The van der Waals surface area contributed by atoms with Gasteiger partial charge in [0.2, 0.25) is 5.95 Å². The number of likely N-dealkylation sites (N-methyl/N-ethyl adjacent to an activating group) is 1. The van der Waals surface area contributed by atoms with Crippen molar-refractivity contribution in [2.45, 2.75) is 19.5 Å². The molecular formula is C15H27ClN6. The van der Waals surface area contributed by atoms with Gasteiger partial charge < -0.3 is 15.1 Å². The number of hydrogen-bond donors (Lipinski definition) is 1. The topological polar surface area (TPSA) is 47.5 Å². The predicted molar refractivity (Wildman–Crippen MR) is 91.7 cm³/mol. The molecule has 0 radical (unpaired) electrons. The average molecular weight is 327 g/mol. The van der Waals surface area contributed by atoms with E-state index in [0.29, 0.717) is 6.04 Å². The summed E-state index contributed by atoms with van der Waals surface area (Å²) in [5, 5.41) is 3.47. The highest BCUT2D eigenvalue weighted by atomic mass is 35.5. The first kappa shape index (κ1) is 17.4. The van der Waals surface area contributed by atoms with Crippen molar-refractivity contribution in [3.63, 3.8) is 0 Å². The van der Waals surface area contributed by atoms with E-state index in [1.807, 2.05) is 12.4 Å². The van der Waals surface area contributed by atoms with Crippen LogP contribution in [0.15, 0.2) is 12.4 Å². The number of aromatic nitrogens is 2. The lowest BCUT2D eigenvalue weighted by atomic mass is 10.2. The highest BCUT2D eigenvalue weighted by Gasteiger charge is 2.18. The standard InChI is InChI=1S/C15H26N6.ClH/c1-13-11-20(4-3-16-13)12-14-9-17-15(18-10-14)21-7-5-19(2)6-8-21;/h9-10,13,16H,3-8,11-12H2,1-2H3;1H/t13-;/m0./s1. The molecule has 2 fully saturated rings. The smallest absolute Gasteiger partial charge is 0.225 e. The summed E-state index contributed by atoms with van der Waals surface area (Å²) in [5.41, 5.74) is 1.21. The summed E-state index contributed by atoms with van der Waals surface area (Å²) < 4.78 is 0. The first-order valence-corrected chi connectivity index (χ1v) is 7.91. The Balaban J connectivity index is 0.00000176. The third-order valence-corrected chi connectivity index (χ3v) is 4.34. The van der Waals surface area contributed by atoms with E-state index in [1.165, 1.54) is 5.56 Å². The summed E-state index contributed by atoms with van der Waals surface area (Å²) >= 11 is 0. The Kier molecular flexibility index (Phi) is 6.37. The molecule has 1 atom stereocenters. The van der Waals surface area contributed by atoms with Gasteiger partial charge in [-0.25, -0.2) is 9.97 Å². The lowest BCUT2D eigenvalue weighted by molar-refractivity contribution is 0.199. The van der Waals surface area contributed by atoms with E-state index in [0.717, 1.165) is 58.3 Å². The van der Waals surface area contributed by atoms with Gasteiger partial charge in [-0.1, -0.05) is 0 Å². The molecule has 0 amide bonds. The van der Waals surface area contributed by atoms with E-state index in [4.69, 9.17) is 0 Å². The first-order chi connectivity index (χ1) is 10.2. The maximum absolute atomic E-state index is 4.57. The van der Waals surface area contributed by atoms with Crippen LogP contribution in [-0.4, -0.2) is 78.7 Å². The summed E-state index contributed by atoms with van der Waals surface area (Å²) in [6, 6.07) is 0.573. The van der Waals surface area contributed by atoms with E-state index in [1.54, 1.807) is 0 Å². The van der Waals surface area contributed by atoms with Gasteiger partial charge in [0, 0.05) is 76.4 Å². The number of hydrogen-bond acceptors (Lipinski definition) is 6. The molecule has 22 heavy (non-hydrogen) atoms. The molecule has 0 unspecified atom stereocenters. The molecule has 0 bridgehead atoms. The molecular weight excluding hydrogens is 300 g/mol. The van der Waals surface area contributed by atoms with Crippen molar-refractivity contribution in [1.82, 2.24) is 25.1 Å². The van der Waals surface area contributed by atoms with Crippen LogP contribution in [0.2, 0.25) is 0 Å². The maximum Gasteiger partial charge on any atom is 0.225 e. The Morgan fingerprint density at radius 1 is 1.14 bits per heavy atom. The molecule has 0 aliphatic carbocycles. The zero-order chi connectivity index (χ0) is 14.7. The Hall–Kier alpha value is -0.950. The average Bonchev–Trinajstić information content (AvgIpc) is 2.49. The van der Waals surface area contributed by atoms with Crippen LogP contribution in [0, 0.1) is 0 Å². The zero-order valence-electron chi connectivity index (χ0n) is 13.5. The number of nitrogens with zero attached hydrogens (tertiary/aromatic N) is 5. The number of anilines is 1. The van der Waals surface area contributed by atoms with Crippen LogP contribution in [-0.2, 0) is 6.54 Å². The van der Waals surface area contributed by atoms with E-state index in [9.17, 15) is 0 Å². The lowest BCUT2D eigenvalue weighted by Gasteiger charge is -2.33. The Morgan fingerprint density at radius 3 is 2.45 bits per heavy atom. The van der Waals surface area contributed by atoms with E-state index < -0.39 is 0 Å². The minimum absolute atomic E-state index is 0. The molecule has 2 aliphatic rings. The van der Waals surface area contributed by atoms with Crippen molar-refractivity contribution in [2.75, 3.05) is 57.8 Å². The molecule has 7 heteroatoms. The fourth-order valence-electron chi connectivity index (χ4n) is 3.01. The molecule has 2 aliphatic heterocycles. The monoisotopic (exact) mass is 326 g/mol. The van der Waals surface area contributed by atoms with Crippen molar-refractivity contribution in [3.05, 3.63) is 18.0 Å². The fourth-order valence-corrected chi connectivity index (χ4v) is 3.01. The quantitative estimate of drug-likeness (QED) is 0.870. The lowest BCUT2D eigenvalue weighted by Crippen LogP contribution is -2.48. The second-order valence-corrected chi connectivity index (χ2v) is 6.27. The molecule has 3 heterocycles. The molecule has 1 aromatic heterocycles. The summed E-state index contributed by atoms with van der Waals surface area (Å²) in [6.45, 7) is 10.7. The van der Waals surface area contributed by atoms with Gasteiger partial charge >= 0.3 is 0 Å². The molecule has 1 N–H and O–H groups in total. The van der Waals surface area contributed by atoms with Gasteiger partial charge in [0.1, 0.15) is 0 Å². The minimum Gasteiger partial charge on any atom is -0.338 e. The van der Waals surface area contributed by atoms with Crippen LogP contribution < -0.4 is 10.2 Å². The number of piperazine rings is 2.